The Labute approximate surface area is 103 Å². The third-order valence-electron chi connectivity index (χ3n) is 2.97. The molecule has 0 unspecified atom stereocenters. The Morgan fingerprint density at radius 2 is 2.06 bits per heavy atom. The van der Waals surface area contributed by atoms with E-state index in [1.807, 2.05) is 40.9 Å². The second-order valence-electron chi connectivity index (χ2n) is 4.02. The third kappa shape index (κ3) is 1.91. The summed E-state index contributed by atoms with van der Waals surface area (Å²) in [6, 6.07) is 7.74. The first-order valence-electron chi connectivity index (χ1n) is 5.66. The predicted octanol–water partition coefficient (Wildman–Crippen LogP) is 1.75. The summed E-state index contributed by atoms with van der Waals surface area (Å²) in [6.07, 6.45) is 0. The molecule has 4 nitrogen and oxygen atoms in total. The number of hydrogen-bond donors (Lipinski definition) is 1. The van der Waals surface area contributed by atoms with Gasteiger partial charge in [-0.25, -0.2) is 0 Å². The highest BCUT2D eigenvalue weighted by Crippen LogP contribution is 2.18. The van der Waals surface area contributed by atoms with Gasteiger partial charge >= 0.3 is 0 Å². The number of benzene rings is 1. The molecule has 1 fully saturated rings. The quantitative estimate of drug-likeness (QED) is 0.835. The van der Waals surface area contributed by atoms with E-state index in [0.717, 1.165) is 35.5 Å². The molecule has 5 heteroatoms. The van der Waals surface area contributed by atoms with E-state index in [1.165, 1.54) is 0 Å². The molecule has 0 saturated carbocycles. The summed E-state index contributed by atoms with van der Waals surface area (Å²) in [5.41, 5.74) is 1.47. The molecule has 2 heterocycles. The summed E-state index contributed by atoms with van der Waals surface area (Å²) in [5, 5.41) is 7.97. The summed E-state index contributed by atoms with van der Waals surface area (Å²) in [6.45, 7) is 1.65. The van der Waals surface area contributed by atoms with E-state index in [9.17, 15) is 4.79 Å². The molecule has 1 aromatic carbocycles. The van der Waals surface area contributed by atoms with Gasteiger partial charge in [0.2, 0.25) is 0 Å². The minimum Gasteiger partial charge on any atom is -0.336 e. The van der Waals surface area contributed by atoms with Crippen LogP contribution in [-0.4, -0.2) is 45.6 Å². The van der Waals surface area contributed by atoms with E-state index in [2.05, 4.69) is 10.2 Å². The molecular weight excluding hydrogens is 234 g/mol. The van der Waals surface area contributed by atoms with Gasteiger partial charge in [-0.2, -0.15) is 16.9 Å². The van der Waals surface area contributed by atoms with Crippen LogP contribution in [0.3, 0.4) is 0 Å². The molecule has 1 aromatic heterocycles. The fraction of sp³-hybridized carbons (Fsp3) is 0.333. The second kappa shape index (κ2) is 4.41. The second-order valence-corrected chi connectivity index (χ2v) is 5.25. The fourth-order valence-electron chi connectivity index (χ4n) is 2.04. The van der Waals surface area contributed by atoms with E-state index in [-0.39, 0.29) is 5.91 Å². The number of rotatable bonds is 1. The Kier molecular flexibility index (Phi) is 2.76. The smallest absolute Gasteiger partial charge is 0.275 e. The highest BCUT2D eigenvalue weighted by atomic mass is 32.2. The minimum atomic E-state index is 0.0442. The van der Waals surface area contributed by atoms with Crippen LogP contribution in [0.2, 0.25) is 0 Å². The highest BCUT2D eigenvalue weighted by molar-refractivity contribution is 7.99. The molecule has 2 aromatic rings. The van der Waals surface area contributed by atoms with Crippen LogP contribution < -0.4 is 0 Å². The molecule has 1 amide bonds. The lowest BCUT2D eigenvalue weighted by atomic mass is 10.2. The highest BCUT2D eigenvalue weighted by Gasteiger charge is 2.22. The minimum absolute atomic E-state index is 0.0442. The van der Waals surface area contributed by atoms with Crippen LogP contribution in [0.25, 0.3) is 10.9 Å². The maximum Gasteiger partial charge on any atom is 0.275 e. The molecule has 1 saturated heterocycles. The van der Waals surface area contributed by atoms with Gasteiger partial charge in [-0.05, 0) is 6.07 Å². The summed E-state index contributed by atoms with van der Waals surface area (Å²) in [5.74, 6) is 2.09. The van der Waals surface area contributed by atoms with Crippen LogP contribution in [-0.2, 0) is 0 Å². The standard InChI is InChI=1S/C12H13N3OS/c16-12(15-5-7-17-8-6-15)11-9-3-1-2-4-10(9)13-14-11/h1-4H,5-8H2,(H,13,14). The molecule has 0 bridgehead atoms. The first kappa shape index (κ1) is 10.7. The Hall–Kier alpha value is -1.49. The average Bonchev–Trinajstić information content (AvgIpc) is 2.83. The lowest BCUT2D eigenvalue weighted by Gasteiger charge is -2.25. The van der Waals surface area contributed by atoms with Crippen LogP contribution in [0.4, 0.5) is 0 Å². The number of thioether (sulfide) groups is 1. The van der Waals surface area contributed by atoms with Crippen molar-refractivity contribution in [2.75, 3.05) is 24.6 Å². The maximum atomic E-state index is 12.3. The SMILES string of the molecule is O=C(c1n[nH]c2ccccc12)N1CCSCC1. The molecule has 0 aliphatic carbocycles. The zero-order valence-corrected chi connectivity index (χ0v) is 10.2. The number of carbonyl (C=O) groups excluding carboxylic acids is 1. The monoisotopic (exact) mass is 247 g/mol. The summed E-state index contributed by atoms with van der Waals surface area (Å²) < 4.78 is 0. The van der Waals surface area contributed by atoms with Gasteiger partial charge in [-0.1, -0.05) is 18.2 Å². The van der Waals surface area contributed by atoms with Gasteiger partial charge in [-0.3, -0.25) is 9.89 Å². The molecular formula is C12H13N3OS. The molecule has 1 N–H and O–H groups in total. The van der Waals surface area contributed by atoms with E-state index in [1.54, 1.807) is 0 Å². The van der Waals surface area contributed by atoms with Crippen molar-refractivity contribution in [3.05, 3.63) is 30.0 Å². The number of nitrogens with zero attached hydrogens (tertiary/aromatic N) is 2. The molecule has 0 radical (unpaired) electrons. The zero-order chi connectivity index (χ0) is 11.7. The Bertz CT molecular complexity index is 545. The van der Waals surface area contributed by atoms with Gasteiger partial charge < -0.3 is 4.90 Å². The number of nitrogens with one attached hydrogen (secondary N) is 1. The van der Waals surface area contributed by atoms with Gasteiger partial charge in [0, 0.05) is 30.0 Å². The van der Waals surface area contributed by atoms with Gasteiger partial charge in [0.1, 0.15) is 0 Å². The van der Waals surface area contributed by atoms with Crippen molar-refractivity contribution in [3.63, 3.8) is 0 Å². The molecule has 3 rings (SSSR count). The Morgan fingerprint density at radius 3 is 2.88 bits per heavy atom. The number of aromatic nitrogens is 2. The van der Waals surface area contributed by atoms with Crippen molar-refractivity contribution >= 4 is 28.6 Å². The first-order valence-corrected chi connectivity index (χ1v) is 6.82. The molecule has 0 spiro atoms. The van der Waals surface area contributed by atoms with Crippen molar-refractivity contribution in [2.45, 2.75) is 0 Å². The lowest BCUT2D eigenvalue weighted by Crippen LogP contribution is -2.38. The Morgan fingerprint density at radius 1 is 1.29 bits per heavy atom. The number of carbonyl (C=O) groups is 1. The number of fused-ring (bicyclic) bond motifs is 1. The number of hydrogen-bond acceptors (Lipinski definition) is 3. The van der Waals surface area contributed by atoms with Crippen molar-refractivity contribution in [1.29, 1.82) is 0 Å². The Balaban J connectivity index is 1.95. The topological polar surface area (TPSA) is 49.0 Å². The van der Waals surface area contributed by atoms with Gasteiger partial charge in [0.25, 0.3) is 5.91 Å². The van der Waals surface area contributed by atoms with Crippen LogP contribution in [0, 0.1) is 0 Å². The third-order valence-corrected chi connectivity index (χ3v) is 3.91. The molecule has 1 aliphatic rings. The normalized spacial score (nSPS) is 16.4. The maximum absolute atomic E-state index is 12.3. The largest absolute Gasteiger partial charge is 0.336 e. The fourth-order valence-corrected chi connectivity index (χ4v) is 2.95. The van der Waals surface area contributed by atoms with E-state index in [0.29, 0.717) is 5.69 Å². The number of aromatic amines is 1. The number of H-pyrrole nitrogens is 1. The van der Waals surface area contributed by atoms with Crippen LogP contribution in [0.15, 0.2) is 24.3 Å². The van der Waals surface area contributed by atoms with Crippen LogP contribution in [0.1, 0.15) is 10.5 Å². The number of amides is 1. The van der Waals surface area contributed by atoms with Gasteiger partial charge in [0.05, 0.1) is 5.52 Å². The molecule has 0 atom stereocenters. The van der Waals surface area contributed by atoms with Crippen molar-refractivity contribution in [2.24, 2.45) is 0 Å². The lowest BCUT2D eigenvalue weighted by molar-refractivity contribution is 0.0768. The van der Waals surface area contributed by atoms with E-state index >= 15 is 0 Å². The van der Waals surface area contributed by atoms with Crippen LogP contribution in [0.5, 0.6) is 0 Å². The van der Waals surface area contributed by atoms with E-state index < -0.39 is 0 Å². The zero-order valence-electron chi connectivity index (χ0n) is 9.35. The summed E-state index contributed by atoms with van der Waals surface area (Å²) >= 11 is 1.89. The summed E-state index contributed by atoms with van der Waals surface area (Å²) in [4.78, 5) is 14.2. The van der Waals surface area contributed by atoms with Crippen molar-refractivity contribution < 1.29 is 4.79 Å². The predicted molar refractivity (Wildman–Crippen MR) is 69.3 cm³/mol. The average molecular weight is 247 g/mol. The van der Waals surface area contributed by atoms with Gasteiger partial charge in [-0.15, -0.1) is 0 Å². The van der Waals surface area contributed by atoms with Crippen LogP contribution >= 0.6 is 11.8 Å². The van der Waals surface area contributed by atoms with E-state index in [4.69, 9.17) is 0 Å². The van der Waals surface area contributed by atoms with Gasteiger partial charge in [0.15, 0.2) is 5.69 Å². The van der Waals surface area contributed by atoms with Crippen molar-refractivity contribution in [3.8, 4) is 0 Å². The number of para-hydroxylation sites is 1. The molecule has 88 valence electrons. The molecule has 1 aliphatic heterocycles. The van der Waals surface area contributed by atoms with Crippen molar-refractivity contribution in [1.82, 2.24) is 15.1 Å². The molecule has 17 heavy (non-hydrogen) atoms. The summed E-state index contributed by atoms with van der Waals surface area (Å²) in [7, 11) is 0. The first-order chi connectivity index (χ1) is 8.36.